The standard InChI is InChI=1S/C16H26O3/c1-2-3-10-15(17)11-6-4-5-8-13-18-16-12-7-9-14-19-16/h2,15-17H,1,3-5,7-10,12-14H2. The number of aliphatic hydroxyl groups is 1. The molecule has 1 aliphatic heterocycles. The summed E-state index contributed by atoms with van der Waals surface area (Å²) in [6, 6.07) is 0. The molecule has 1 rings (SSSR count). The molecule has 0 aromatic carbocycles. The van der Waals surface area contributed by atoms with Crippen LogP contribution in [0.1, 0.15) is 51.4 Å². The summed E-state index contributed by atoms with van der Waals surface area (Å²) in [6.45, 7) is 5.19. The molecule has 0 saturated carbocycles. The van der Waals surface area contributed by atoms with E-state index >= 15 is 0 Å². The van der Waals surface area contributed by atoms with Gasteiger partial charge in [-0.1, -0.05) is 12.0 Å². The zero-order valence-electron chi connectivity index (χ0n) is 11.8. The Hall–Kier alpha value is -0.820. The molecule has 108 valence electrons. The fourth-order valence-electron chi connectivity index (χ4n) is 1.91. The number of rotatable bonds is 8. The van der Waals surface area contributed by atoms with Crippen LogP contribution in [0.15, 0.2) is 12.7 Å². The Morgan fingerprint density at radius 3 is 3.05 bits per heavy atom. The van der Waals surface area contributed by atoms with Gasteiger partial charge in [0, 0.05) is 19.6 Å². The molecule has 0 aliphatic carbocycles. The van der Waals surface area contributed by atoms with E-state index in [1.807, 2.05) is 0 Å². The van der Waals surface area contributed by atoms with Gasteiger partial charge in [0.05, 0.1) is 0 Å². The van der Waals surface area contributed by atoms with E-state index in [1.165, 1.54) is 6.42 Å². The predicted molar refractivity (Wildman–Crippen MR) is 76.6 cm³/mol. The Bertz CT molecular complexity index is 284. The highest BCUT2D eigenvalue weighted by Crippen LogP contribution is 2.14. The van der Waals surface area contributed by atoms with E-state index in [9.17, 15) is 5.11 Å². The van der Waals surface area contributed by atoms with Gasteiger partial charge in [-0.3, -0.25) is 0 Å². The molecular formula is C16H26O3. The third-order valence-corrected chi connectivity index (χ3v) is 3.05. The molecule has 1 heterocycles. The number of unbranched alkanes of at least 4 members (excludes halogenated alkanes) is 2. The SMILES string of the molecule is C=CCCC(O)C#CCCCCOC1CCCCO1. The average Bonchev–Trinajstić information content (AvgIpc) is 2.45. The van der Waals surface area contributed by atoms with E-state index in [0.717, 1.165) is 51.7 Å². The molecule has 0 radical (unpaired) electrons. The first-order valence-corrected chi connectivity index (χ1v) is 7.33. The van der Waals surface area contributed by atoms with Crippen LogP contribution in [-0.2, 0) is 9.47 Å². The van der Waals surface area contributed by atoms with Crippen molar-refractivity contribution in [3.63, 3.8) is 0 Å². The molecule has 1 fully saturated rings. The average molecular weight is 266 g/mol. The topological polar surface area (TPSA) is 38.7 Å². The summed E-state index contributed by atoms with van der Waals surface area (Å²) >= 11 is 0. The zero-order valence-corrected chi connectivity index (χ0v) is 11.8. The monoisotopic (exact) mass is 266 g/mol. The van der Waals surface area contributed by atoms with Crippen LogP contribution < -0.4 is 0 Å². The second kappa shape index (κ2) is 11.0. The minimum atomic E-state index is -0.509. The highest BCUT2D eigenvalue weighted by Gasteiger charge is 2.12. The van der Waals surface area contributed by atoms with Gasteiger partial charge in [-0.05, 0) is 44.9 Å². The first kappa shape index (κ1) is 16.2. The summed E-state index contributed by atoms with van der Waals surface area (Å²) in [5.74, 6) is 5.86. The Morgan fingerprint density at radius 2 is 2.32 bits per heavy atom. The van der Waals surface area contributed by atoms with Gasteiger partial charge < -0.3 is 14.6 Å². The van der Waals surface area contributed by atoms with Gasteiger partial charge in [-0.15, -0.1) is 12.5 Å². The van der Waals surface area contributed by atoms with Crippen molar-refractivity contribution in [2.24, 2.45) is 0 Å². The van der Waals surface area contributed by atoms with Crippen LogP contribution in [0.25, 0.3) is 0 Å². The van der Waals surface area contributed by atoms with E-state index in [4.69, 9.17) is 9.47 Å². The maximum Gasteiger partial charge on any atom is 0.157 e. The van der Waals surface area contributed by atoms with E-state index in [2.05, 4.69) is 18.4 Å². The maximum absolute atomic E-state index is 9.49. The molecule has 0 aromatic heterocycles. The van der Waals surface area contributed by atoms with Gasteiger partial charge in [-0.2, -0.15) is 0 Å². The van der Waals surface area contributed by atoms with Crippen LogP contribution in [0.2, 0.25) is 0 Å². The molecule has 1 N–H and O–H groups in total. The van der Waals surface area contributed by atoms with Gasteiger partial charge in [0.1, 0.15) is 6.10 Å². The number of aliphatic hydroxyl groups excluding tert-OH is 1. The van der Waals surface area contributed by atoms with Crippen molar-refractivity contribution in [3.8, 4) is 11.8 Å². The molecule has 3 heteroatoms. The van der Waals surface area contributed by atoms with E-state index in [-0.39, 0.29) is 6.29 Å². The normalized spacial score (nSPS) is 20.4. The smallest absolute Gasteiger partial charge is 0.157 e. The Kier molecular flexibility index (Phi) is 9.44. The van der Waals surface area contributed by atoms with Crippen molar-refractivity contribution in [1.29, 1.82) is 0 Å². The lowest BCUT2D eigenvalue weighted by atomic mass is 10.2. The summed E-state index contributed by atoms with van der Waals surface area (Å²) in [6.07, 6.45) is 9.01. The highest BCUT2D eigenvalue weighted by atomic mass is 16.7. The van der Waals surface area contributed by atoms with Crippen LogP contribution >= 0.6 is 0 Å². The third kappa shape index (κ3) is 8.83. The molecule has 3 nitrogen and oxygen atoms in total. The fourth-order valence-corrected chi connectivity index (χ4v) is 1.91. The molecule has 0 spiro atoms. The third-order valence-electron chi connectivity index (χ3n) is 3.05. The first-order valence-electron chi connectivity index (χ1n) is 7.33. The molecule has 1 aliphatic rings. The molecule has 19 heavy (non-hydrogen) atoms. The zero-order chi connectivity index (χ0) is 13.8. The quantitative estimate of drug-likeness (QED) is 0.417. The summed E-state index contributed by atoms with van der Waals surface area (Å²) in [4.78, 5) is 0. The molecule has 0 amide bonds. The highest BCUT2D eigenvalue weighted by molar-refractivity contribution is 5.04. The Labute approximate surface area is 117 Å². The van der Waals surface area contributed by atoms with Gasteiger partial charge in [-0.25, -0.2) is 0 Å². The molecule has 1 saturated heterocycles. The van der Waals surface area contributed by atoms with E-state index < -0.39 is 6.10 Å². The largest absolute Gasteiger partial charge is 0.380 e. The Morgan fingerprint density at radius 1 is 1.42 bits per heavy atom. The van der Waals surface area contributed by atoms with Crippen molar-refractivity contribution < 1.29 is 14.6 Å². The summed E-state index contributed by atoms with van der Waals surface area (Å²) in [5.41, 5.74) is 0. The minimum Gasteiger partial charge on any atom is -0.380 e. The molecule has 2 atom stereocenters. The number of ether oxygens (including phenoxy) is 2. The predicted octanol–water partition coefficient (Wildman–Crippen LogP) is 3.03. The summed E-state index contributed by atoms with van der Waals surface area (Å²) < 4.78 is 11.1. The lowest BCUT2D eigenvalue weighted by Crippen LogP contribution is -2.22. The number of allylic oxidation sites excluding steroid dienone is 1. The van der Waals surface area contributed by atoms with Crippen molar-refractivity contribution in [1.82, 2.24) is 0 Å². The van der Waals surface area contributed by atoms with Crippen LogP contribution in [0.4, 0.5) is 0 Å². The van der Waals surface area contributed by atoms with Crippen molar-refractivity contribution >= 4 is 0 Å². The minimum absolute atomic E-state index is 0.0144. The van der Waals surface area contributed by atoms with E-state index in [0.29, 0.717) is 6.42 Å². The molecule has 2 unspecified atom stereocenters. The summed E-state index contributed by atoms with van der Waals surface area (Å²) in [5, 5.41) is 9.49. The molecule has 0 aromatic rings. The van der Waals surface area contributed by atoms with Crippen LogP contribution in [0.5, 0.6) is 0 Å². The van der Waals surface area contributed by atoms with Gasteiger partial charge >= 0.3 is 0 Å². The lowest BCUT2D eigenvalue weighted by Gasteiger charge is -2.22. The molecule has 0 bridgehead atoms. The summed E-state index contributed by atoms with van der Waals surface area (Å²) in [7, 11) is 0. The van der Waals surface area contributed by atoms with E-state index in [1.54, 1.807) is 6.08 Å². The number of hydrogen-bond donors (Lipinski definition) is 1. The first-order chi connectivity index (χ1) is 9.33. The van der Waals surface area contributed by atoms with Gasteiger partial charge in [0.2, 0.25) is 0 Å². The number of hydrogen-bond acceptors (Lipinski definition) is 3. The lowest BCUT2D eigenvalue weighted by molar-refractivity contribution is -0.162. The van der Waals surface area contributed by atoms with Crippen molar-refractivity contribution in [2.45, 2.75) is 63.8 Å². The second-order valence-electron chi connectivity index (χ2n) is 4.83. The van der Waals surface area contributed by atoms with Gasteiger partial charge in [0.15, 0.2) is 6.29 Å². The maximum atomic E-state index is 9.49. The second-order valence-corrected chi connectivity index (χ2v) is 4.83. The van der Waals surface area contributed by atoms with Crippen LogP contribution in [0, 0.1) is 11.8 Å². The van der Waals surface area contributed by atoms with Gasteiger partial charge in [0.25, 0.3) is 0 Å². The van der Waals surface area contributed by atoms with Crippen LogP contribution in [-0.4, -0.2) is 30.7 Å². The van der Waals surface area contributed by atoms with Crippen molar-refractivity contribution in [3.05, 3.63) is 12.7 Å². The van der Waals surface area contributed by atoms with Crippen LogP contribution in [0.3, 0.4) is 0 Å². The van der Waals surface area contributed by atoms with Crippen molar-refractivity contribution in [2.75, 3.05) is 13.2 Å². The Balaban J connectivity index is 1.92. The fraction of sp³-hybridized carbons (Fsp3) is 0.750. The molecular weight excluding hydrogens is 240 g/mol.